The van der Waals surface area contributed by atoms with Crippen LogP contribution in [0, 0.1) is 11.8 Å². The standard InChI is InChI=1S/C24H43NO4SSi/c1-29-14-6-3-4-7-15-30-22-17-23(27)25(24(22)28)18-19-10-12-20(13-11-19)21(26)9-5-8-16-31-2/h19-20,22H,3-18,31H2,1-2H3. The van der Waals surface area contributed by atoms with Crippen molar-refractivity contribution >= 4 is 38.9 Å². The number of amides is 2. The van der Waals surface area contributed by atoms with Crippen LogP contribution in [-0.2, 0) is 19.1 Å². The normalized spacial score (nSPS) is 24.6. The first-order valence-electron chi connectivity index (χ1n) is 12.5. The minimum absolute atomic E-state index is 0.000249. The number of nitrogens with zero attached hydrogens (tertiary/aromatic N) is 1. The number of carbonyl (C=O) groups excluding carboxylic acids is 3. The van der Waals surface area contributed by atoms with Crippen LogP contribution < -0.4 is 0 Å². The minimum Gasteiger partial charge on any atom is -0.385 e. The largest absolute Gasteiger partial charge is 0.385 e. The van der Waals surface area contributed by atoms with Crippen molar-refractivity contribution in [1.82, 2.24) is 4.90 Å². The van der Waals surface area contributed by atoms with Crippen LogP contribution in [0.4, 0.5) is 0 Å². The van der Waals surface area contributed by atoms with Crippen molar-refractivity contribution in [2.75, 3.05) is 26.0 Å². The molecular formula is C24H43NO4SSi. The fourth-order valence-electron chi connectivity index (χ4n) is 4.76. The average molecular weight is 470 g/mol. The molecule has 0 radical (unpaired) electrons. The molecule has 31 heavy (non-hydrogen) atoms. The van der Waals surface area contributed by atoms with Gasteiger partial charge in [-0.3, -0.25) is 19.3 Å². The number of imide groups is 1. The number of hydrogen-bond acceptors (Lipinski definition) is 5. The summed E-state index contributed by atoms with van der Waals surface area (Å²) in [6.45, 7) is 3.70. The van der Waals surface area contributed by atoms with Gasteiger partial charge in [-0.05, 0) is 56.6 Å². The third kappa shape index (κ3) is 9.38. The highest BCUT2D eigenvalue weighted by Gasteiger charge is 2.40. The van der Waals surface area contributed by atoms with E-state index in [9.17, 15) is 14.4 Å². The fraction of sp³-hybridized carbons (Fsp3) is 0.875. The Kier molecular flexibility index (Phi) is 13.1. The molecule has 178 valence electrons. The van der Waals surface area contributed by atoms with Gasteiger partial charge in [0, 0.05) is 48.5 Å². The summed E-state index contributed by atoms with van der Waals surface area (Å²) in [7, 11) is 1.86. The molecule has 5 nitrogen and oxygen atoms in total. The first kappa shape index (κ1) is 26.6. The first-order valence-corrected chi connectivity index (χ1v) is 16.0. The Morgan fingerprint density at radius 3 is 2.52 bits per heavy atom. The first-order chi connectivity index (χ1) is 15.1. The second kappa shape index (κ2) is 15.2. The van der Waals surface area contributed by atoms with Crippen LogP contribution in [0.25, 0.3) is 0 Å². The van der Waals surface area contributed by atoms with Gasteiger partial charge in [-0.25, -0.2) is 0 Å². The van der Waals surface area contributed by atoms with E-state index in [0.29, 0.717) is 24.7 Å². The van der Waals surface area contributed by atoms with E-state index in [1.54, 1.807) is 18.9 Å². The van der Waals surface area contributed by atoms with Gasteiger partial charge < -0.3 is 4.74 Å². The molecule has 2 aliphatic rings. The average Bonchev–Trinajstić information content (AvgIpc) is 3.04. The molecule has 1 aliphatic carbocycles. The number of hydrogen-bond donors (Lipinski definition) is 0. The molecule has 0 aromatic heterocycles. The summed E-state index contributed by atoms with van der Waals surface area (Å²) in [5, 5.41) is -0.185. The molecule has 1 saturated heterocycles. The van der Waals surface area contributed by atoms with Gasteiger partial charge >= 0.3 is 0 Å². The maximum absolute atomic E-state index is 12.8. The summed E-state index contributed by atoms with van der Waals surface area (Å²) >= 11 is 1.66. The number of likely N-dealkylation sites (tertiary alicyclic amines) is 1. The summed E-state index contributed by atoms with van der Waals surface area (Å²) in [5.41, 5.74) is 0. The number of Topliss-reactive ketones (excluding diaryl/α,β-unsaturated/α-hetero) is 1. The van der Waals surface area contributed by atoms with Crippen LogP contribution in [0.3, 0.4) is 0 Å². The summed E-state index contributed by atoms with van der Waals surface area (Å²) in [6.07, 6.45) is 11.7. The zero-order chi connectivity index (χ0) is 22.5. The van der Waals surface area contributed by atoms with Crippen LogP contribution in [0.2, 0.25) is 12.6 Å². The van der Waals surface area contributed by atoms with Gasteiger partial charge in [-0.15, -0.1) is 11.8 Å². The highest BCUT2D eigenvalue weighted by Crippen LogP contribution is 2.33. The van der Waals surface area contributed by atoms with Gasteiger partial charge in [-0.2, -0.15) is 0 Å². The number of unbranched alkanes of at least 4 members (excludes halogenated alkanes) is 4. The number of rotatable bonds is 16. The lowest BCUT2D eigenvalue weighted by atomic mass is 9.79. The maximum atomic E-state index is 12.8. The molecule has 2 rings (SSSR count). The summed E-state index contributed by atoms with van der Waals surface area (Å²) in [5.74, 6) is 1.99. The van der Waals surface area contributed by atoms with Gasteiger partial charge in [-0.1, -0.05) is 31.9 Å². The molecule has 0 bridgehead atoms. The van der Waals surface area contributed by atoms with Gasteiger partial charge in [0.2, 0.25) is 11.8 Å². The highest BCUT2D eigenvalue weighted by atomic mass is 32.2. The second-order valence-electron chi connectivity index (χ2n) is 9.31. The molecule has 1 atom stereocenters. The van der Waals surface area contributed by atoms with Gasteiger partial charge in [0.25, 0.3) is 0 Å². The van der Waals surface area contributed by atoms with E-state index in [-0.39, 0.29) is 32.5 Å². The van der Waals surface area contributed by atoms with E-state index >= 15 is 0 Å². The molecule has 1 unspecified atom stereocenters. The zero-order valence-corrected chi connectivity index (χ0v) is 22.0. The molecule has 1 heterocycles. The lowest BCUT2D eigenvalue weighted by Crippen LogP contribution is -2.37. The topological polar surface area (TPSA) is 63.7 Å². The zero-order valence-electron chi connectivity index (χ0n) is 19.7. The summed E-state index contributed by atoms with van der Waals surface area (Å²) in [6, 6.07) is 1.35. The molecule has 0 aromatic carbocycles. The fourth-order valence-corrected chi connectivity index (χ4v) is 6.80. The predicted octanol–water partition coefficient (Wildman–Crippen LogP) is 4.23. The maximum Gasteiger partial charge on any atom is 0.242 e. The van der Waals surface area contributed by atoms with Gasteiger partial charge in [0.1, 0.15) is 5.78 Å². The van der Waals surface area contributed by atoms with Crippen molar-refractivity contribution in [3.05, 3.63) is 0 Å². The Bertz CT molecular complexity index is 566. The van der Waals surface area contributed by atoms with Crippen molar-refractivity contribution in [1.29, 1.82) is 0 Å². The Balaban J connectivity index is 1.64. The molecule has 0 aromatic rings. The summed E-state index contributed by atoms with van der Waals surface area (Å²) in [4.78, 5) is 39.2. The van der Waals surface area contributed by atoms with Gasteiger partial charge in [0.15, 0.2) is 0 Å². The molecule has 1 aliphatic heterocycles. The molecule has 7 heteroatoms. The second-order valence-corrected chi connectivity index (χ2v) is 12.3. The molecule has 1 saturated carbocycles. The molecule has 2 fully saturated rings. The van der Waals surface area contributed by atoms with Crippen molar-refractivity contribution in [2.45, 2.75) is 94.9 Å². The van der Waals surface area contributed by atoms with Crippen molar-refractivity contribution in [2.24, 2.45) is 11.8 Å². The molecule has 0 spiro atoms. The van der Waals surface area contributed by atoms with Crippen LogP contribution in [-0.4, -0.2) is 63.3 Å². The Labute approximate surface area is 195 Å². The van der Waals surface area contributed by atoms with Crippen molar-refractivity contribution in [3.8, 4) is 0 Å². The lowest BCUT2D eigenvalue weighted by Gasteiger charge is -2.30. The number of carbonyl (C=O) groups is 3. The van der Waals surface area contributed by atoms with Gasteiger partial charge in [0.05, 0.1) is 5.25 Å². The SMILES string of the molecule is COCCCCCCSC1CC(=O)N(CC2CCC(C(=O)CCCC[SiH2]C)CC2)C1=O. The quantitative estimate of drug-likeness (QED) is 0.192. The molecule has 2 amide bonds. The molecule has 0 N–H and O–H groups in total. The van der Waals surface area contributed by atoms with Crippen LogP contribution in [0.15, 0.2) is 0 Å². The molecular weight excluding hydrogens is 426 g/mol. The van der Waals surface area contributed by atoms with Crippen molar-refractivity contribution in [3.63, 3.8) is 0 Å². The van der Waals surface area contributed by atoms with E-state index < -0.39 is 0 Å². The number of ether oxygens (including phenoxy) is 1. The minimum atomic E-state index is -0.185. The van der Waals surface area contributed by atoms with E-state index in [1.807, 2.05) is 0 Å². The van der Waals surface area contributed by atoms with Crippen LogP contribution in [0.1, 0.15) is 77.0 Å². The Morgan fingerprint density at radius 2 is 1.81 bits per heavy atom. The Morgan fingerprint density at radius 1 is 1.06 bits per heavy atom. The van der Waals surface area contributed by atoms with Crippen molar-refractivity contribution < 1.29 is 19.1 Å². The Hall–Kier alpha value is -0.663. The van der Waals surface area contributed by atoms with Crippen LogP contribution >= 0.6 is 11.8 Å². The summed E-state index contributed by atoms with van der Waals surface area (Å²) < 4.78 is 5.06. The smallest absolute Gasteiger partial charge is 0.242 e. The van der Waals surface area contributed by atoms with E-state index in [0.717, 1.165) is 76.6 Å². The van der Waals surface area contributed by atoms with E-state index in [1.165, 1.54) is 17.4 Å². The predicted molar refractivity (Wildman–Crippen MR) is 131 cm³/mol. The third-order valence-corrected chi connectivity index (χ3v) is 9.29. The number of methoxy groups -OCH3 is 1. The van der Waals surface area contributed by atoms with E-state index in [2.05, 4.69) is 6.55 Å². The lowest BCUT2D eigenvalue weighted by molar-refractivity contribution is -0.139. The number of ketones is 1. The third-order valence-electron chi connectivity index (χ3n) is 6.78. The highest BCUT2D eigenvalue weighted by molar-refractivity contribution is 8.00. The number of thioether (sulfide) groups is 1. The monoisotopic (exact) mass is 469 g/mol. The van der Waals surface area contributed by atoms with E-state index in [4.69, 9.17) is 4.74 Å². The van der Waals surface area contributed by atoms with Crippen LogP contribution in [0.5, 0.6) is 0 Å².